The third kappa shape index (κ3) is 2.97. The van der Waals surface area contributed by atoms with Crippen molar-refractivity contribution in [1.82, 2.24) is 5.32 Å². The summed E-state index contributed by atoms with van der Waals surface area (Å²) in [7, 11) is 0. The Balaban J connectivity index is 1.56. The smallest absolute Gasteiger partial charge is 0.411 e. The van der Waals surface area contributed by atoms with E-state index in [0.717, 1.165) is 24.3 Å². The topological polar surface area (TPSA) is 50.4 Å². The van der Waals surface area contributed by atoms with Gasteiger partial charge in [0.2, 0.25) is 0 Å². The molecule has 0 aliphatic carbocycles. The van der Waals surface area contributed by atoms with Gasteiger partial charge in [-0.3, -0.25) is 5.32 Å². The van der Waals surface area contributed by atoms with E-state index in [4.69, 9.17) is 4.74 Å². The first-order valence-electron chi connectivity index (χ1n) is 6.61. The Hall–Kier alpha value is -2.33. The molecule has 0 saturated heterocycles. The minimum Gasteiger partial charge on any atom is -0.444 e. The molecule has 0 aromatic heterocycles. The number of hydrogen-bond acceptors (Lipinski definition) is 3. The summed E-state index contributed by atoms with van der Waals surface area (Å²) in [5.74, 6) is 0. The Labute approximate surface area is 117 Å². The average molecular weight is 268 g/mol. The molecule has 1 aliphatic heterocycles. The number of amides is 1. The van der Waals surface area contributed by atoms with E-state index >= 15 is 0 Å². The molecule has 1 amide bonds. The summed E-state index contributed by atoms with van der Waals surface area (Å²) in [6.07, 6.45) is -0.431. The van der Waals surface area contributed by atoms with Crippen molar-refractivity contribution in [2.24, 2.45) is 0 Å². The van der Waals surface area contributed by atoms with Gasteiger partial charge in [-0.15, -0.1) is 0 Å². The molecular weight excluding hydrogens is 252 g/mol. The molecule has 1 heterocycles. The predicted octanol–water partition coefficient (Wildman–Crippen LogP) is 3.04. The lowest BCUT2D eigenvalue weighted by atomic mass is 10.1. The molecule has 20 heavy (non-hydrogen) atoms. The van der Waals surface area contributed by atoms with E-state index in [2.05, 4.69) is 10.6 Å². The molecule has 0 saturated carbocycles. The van der Waals surface area contributed by atoms with E-state index in [-0.39, 0.29) is 6.61 Å². The van der Waals surface area contributed by atoms with Crippen LogP contribution in [0, 0.1) is 0 Å². The first-order chi connectivity index (χ1) is 9.81. The van der Waals surface area contributed by atoms with Gasteiger partial charge in [0.25, 0.3) is 0 Å². The van der Waals surface area contributed by atoms with Gasteiger partial charge in [0.05, 0.1) is 0 Å². The van der Waals surface area contributed by atoms with Crippen LogP contribution in [0.25, 0.3) is 0 Å². The molecule has 4 heteroatoms. The summed E-state index contributed by atoms with van der Waals surface area (Å²) in [6.45, 7) is 2.02. The fourth-order valence-electron chi connectivity index (χ4n) is 2.25. The summed E-state index contributed by atoms with van der Waals surface area (Å²) >= 11 is 0. The van der Waals surface area contributed by atoms with Crippen LogP contribution in [-0.4, -0.2) is 6.09 Å². The van der Waals surface area contributed by atoms with Gasteiger partial charge < -0.3 is 10.1 Å². The van der Waals surface area contributed by atoms with Gasteiger partial charge in [0.15, 0.2) is 0 Å². The molecule has 102 valence electrons. The van der Waals surface area contributed by atoms with Crippen LogP contribution in [0.5, 0.6) is 0 Å². The van der Waals surface area contributed by atoms with Crippen LogP contribution in [0.3, 0.4) is 0 Å². The summed E-state index contributed by atoms with van der Waals surface area (Å²) in [6, 6.07) is 15.5. The minimum atomic E-state index is -0.431. The van der Waals surface area contributed by atoms with Crippen molar-refractivity contribution in [2.45, 2.75) is 19.7 Å². The van der Waals surface area contributed by atoms with Gasteiger partial charge in [-0.25, -0.2) is 4.79 Å². The quantitative estimate of drug-likeness (QED) is 0.899. The molecular formula is C16H16N2O2. The van der Waals surface area contributed by atoms with Gasteiger partial charge in [0.1, 0.15) is 6.61 Å². The van der Waals surface area contributed by atoms with Gasteiger partial charge in [0, 0.05) is 18.8 Å². The Morgan fingerprint density at radius 1 is 1.10 bits per heavy atom. The van der Waals surface area contributed by atoms with Gasteiger partial charge >= 0.3 is 6.09 Å². The van der Waals surface area contributed by atoms with E-state index in [1.165, 1.54) is 11.1 Å². The van der Waals surface area contributed by atoms with E-state index in [0.29, 0.717) is 0 Å². The van der Waals surface area contributed by atoms with Crippen LogP contribution in [-0.2, 0) is 24.4 Å². The number of carbonyl (C=O) groups excluding carboxylic acids is 1. The number of hydrogen-bond donors (Lipinski definition) is 2. The number of benzene rings is 2. The second-order valence-electron chi connectivity index (χ2n) is 4.77. The van der Waals surface area contributed by atoms with Crippen molar-refractivity contribution >= 4 is 11.8 Å². The number of ether oxygens (including phenoxy) is 1. The zero-order valence-electron chi connectivity index (χ0n) is 11.1. The highest BCUT2D eigenvalue weighted by molar-refractivity contribution is 5.84. The van der Waals surface area contributed by atoms with Gasteiger partial charge in [-0.1, -0.05) is 36.4 Å². The van der Waals surface area contributed by atoms with E-state index < -0.39 is 6.09 Å². The van der Waals surface area contributed by atoms with Crippen LogP contribution in [0.2, 0.25) is 0 Å². The zero-order chi connectivity index (χ0) is 13.8. The lowest BCUT2D eigenvalue weighted by Gasteiger charge is -2.08. The number of fused-ring (bicyclic) bond motifs is 1. The van der Waals surface area contributed by atoms with Gasteiger partial charge in [-0.05, 0) is 28.8 Å². The largest absolute Gasteiger partial charge is 0.444 e. The Bertz CT molecular complexity index is 611. The monoisotopic (exact) mass is 268 g/mol. The molecule has 4 nitrogen and oxygen atoms in total. The Morgan fingerprint density at radius 3 is 2.75 bits per heavy atom. The molecule has 2 aromatic carbocycles. The summed E-state index contributed by atoms with van der Waals surface area (Å²) in [4.78, 5) is 11.7. The number of rotatable bonds is 3. The van der Waals surface area contributed by atoms with Crippen molar-refractivity contribution in [3.63, 3.8) is 0 Å². The minimum absolute atomic E-state index is 0.277. The Morgan fingerprint density at radius 2 is 1.90 bits per heavy atom. The molecule has 0 atom stereocenters. The first-order valence-corrected chi connectivity index (χ1v) is 6.61. The van der Waals surface area contributed by atoms with E-state index in [1.54, 1.807) is 0 Å². The normalized spacial score (nSPS) is 12.8. The van der Waals surface area contributed by atoms with Crippen LogP contribution in [0.1, 0.15) is 16.7 Å². The fourth-order valence-corrected chi connectivity index (χ4v) is 2.25. The molecule has 2 N–H and O–H groups in total. The highest BCUT2D eigenvalue weighted by Gasteiger charge is 2.11. The molecule has 1 aliphatic rings. The Kier molecular flexibility index (Phi) is 3.65. The summed E-state index contributed by atoms with van der Waals surface area (Å²) in [5.41, 5.74) is 4.25. The van der Waals surface area contributed by atoms with Crippen molar-refractivity contribution in [3.05, 3.63) is 65.2 Å². The third-order valence-corrected chi connectivity index (χ3v) is 3.30. The van der Waals surface area contributed by atoms with Crippen LogP contribution >= 0.6 is 0 Å². The van der Waals surface area contributed by atoms with Crippen molar-refractivity contribution in [2.75, 3.05) is 5.32 Å². The molecule has 0 spiro atoms. The van der Waals surface area contributed by atoms with E-state index in [1.807, 2.05) is 48.5 Å². The number of nitrogens with one attached hydrogen (secondary N) is 2. The second kappa shape index (κ2) is 5.75. The molecule has 0 bridgehead atoms. The lowest BCUT2D eigenvalue weighted by Crippen LogP contribution is -2.13. The van der Waals surface area contributed by atoms with Crippen LogP contribution in [0.15, 0.2) is 48.5 Å². The zero-order valence-corrected chi connectivity index (χ0v) is 11.1. The fraction of sp³-hybridized carbons (Fsp3) is 0.188. The molecule has 0 radical (unpaired) electrons. The standard InChI is InChI=1S/C16H16N2O2/c19-16(20-11-12-4-2-1-3-5-12)18-15-7-6-13-9-17-10-14(13)8-15/h1-8,17H,9-11H2,(H,18,19). The van der Waals surface area contributed by atoms with Crippen molar-refractivity contribution in [3.8, 4) is 0 Å². The first kappa shape index (κ1) is 12.7. The van der Waals surface area contributed by atoms with Crippen molar-refractivity contribution in [1.29, 1.82) is 0 Å². The third-order valence-electron chi connectivity index (χ3n) is 3.30. The molecule has 0 unspecified atom stereocenters. The maximum absolute atomic E-state index is 11.7. The summed E-state index contributed by atoms with van der Waals surface area (Å²) < 4.78 is 5.19. The molecule has 2 aromatic rings. The van der Waals surface area contributed by atoms with Crippen LogP contribution < -0.4 is 10.6 Å². The van der Waals surface area contributed by atoms with Crippen LogP contribution in [0.4, 0.5) is 10.5 Å². The maximum Gasteiger partial charge on any atom is 0.411 e. The average Bonchev–Trinajstić information content (AvgIpc) is 2.94. The highest BCUT2D eigenvalue weighted by atomic mass is 16.5. The predicted molar refractivity (Wildman–Crippen MR) is 77.2 cm³/mol. The number of carbonyl (C=O) groups is 1. The van der Waals surface area contributed by atoms with Crippen molar-refractivity contribution < 1.29 is 9.53 Å². The van der Waals surface area contributed by atoms with E-state index in [9.17, 15) is 4.79 Å². The lowest BCUT2D eigenvalue weighted by molar-refractivity contribution is 0.155. The van der Waals surface area contributed by atoms with Gasteiger partial charge in [-0.2, -0.15) is 0 Å². The summed E-state index contributed by atoms with van der Waals surface area (Å²) in [5, 5.41) is 6.02. The SMILES string of the molecule is O=C(Nc1ccc2c(c1)CNC2)OCc1ccccc1. The molecule has 0 fully saturated rings. The maximum atomic E-state index is 11.7. The highest BCUT2D eigenvalue weighted by Crippen LogP contribution is 2.20. The number of anilines is 1. The second-order valence-corrected chi connectivity index (χ2v) is 4.77. The molecule has 3 rings (SSSR count).